The van der Waals surface area contributed by atoms with Gasteiger partial charge in [-0.3, -0.25) is 5.10 Å². The van der Waals surface area contributed by atoms with E-state index in [0.717, 1.165) is 11.6 Å². The maximum absolute atomic E-state index is 12.6. The molecule has 0 radical (unpaired) electrons. The largest absolute Gasteiger partial charge is 0.417 e. The number of aromatic amines is 1. The highest BCUT2D eigenvalue weighted by Gasteiger charge is 2.33. The smallest absolute Gasteiger partial charge is 0.381 e. The Kier molecular flexibility index (Phi) is 3.42. The van der Waals surface area contributed by atoms with Gasteiger partial charge in [0, 0.05) is 24.0 Å². The second-order valence-corrected chi connectivity index (χ2v) is 3.83. The Hall–Kier alpha value is -2.49. The van der Waals surface area contributed by atoms with Gasteiger partial charge in [0.15, 0.2) is 0 Å². The standard InChI is InChI=1S/C12H9F3N4/c13-12(14,15)11-2-1-10(3-9(11)4-16)17-5-8-6-18-19-7-8/h1-3,6-7,17H,5H2,(H,18,19). The molecule has 0 aliphatic carbocycles. The van der Waals surface area contributed by atoms with Gasteiger partial charge in [-0.25, -0.2) is 0 Å². The summed E-state index contributed by atoms with van der Waals surface area (Å²) in [5.74, 6) is 0. The number of H-pyrrole nitrogens is 1. The molecule has 1 aromatic carbocycles. The molecule has 0 amide bonds. The molecule has 0 bridgehead atoms. The van der Waals surface area contributed by atoms with Crippen molar-refractivity contribution >= 4 is 5.69 Å². The van der Waals surface area contributed by atoms with Crippen molar-refractivity contribution in [2.75, 3.05) is 5.32 Å². The summed E-state index contributed by atoms with van der Waals surface area (Å²) in [5, 5.41) is 18.1. The molecule has 7 heteroatoms. The summed E-state index contributed by atoms with van der Waals surface area (Å²) < 4.78 is 37.8. The van der Waals surface area contributed by atoms with E-state index in [1.54, 1.807) is 18.5 Å². The van der Waals surface area contributed by atoms with Gasteiger partial charge in [0.05, 0.1) is 23.4 Å². The second kappa shape index (κ2) is 5.02. The molecule has 0 spiro atoms. The maximum atomic E-state index is 12.6. The van der Waals surface area contributed by atoms with Crippen molar-refractivity contribution in [2.45, 2.75) is 12.7 Å². The Balaban J connectivity index is 2.18. The first-order valence-electron chi connectivity index (χ1n) is 5.33. The molecule has 1 heterocycles. The lowest BCUT2D eigenvalue weighted by atomic mass is 10.1. The first kappa shape index (κ1) is 13.0. The van der Waals surface area contributed by atoms with Gasteiger partial charge in [-0.2, -0.15) is 23.5 Å². The van der Waals surface area contributed by atoms with E-state index in [1.807, 2.05) is 0 Å². The fraction of sp³-hybridized carbons (Fsp3) is 0.167. The van der Waals surface area contributed by atoms with Gasteiger partial charge in [-0.05, 0) is 18.2 Å². The van der Waals surface area contributed by atoms with Crippen molar-refractivity contribution < 1.29 is 13.2 Å². The molecule has 0 saturated heterocycles. The molecule has 2 N–H and O–H groups in total. The summed E-state index contributed by atoms with van der Waals surface area (Å²) in [4.78, 5) is 0. The van der Waals surface area contributed by atoms with Crippen molar-refractivity contribution in [3.63, 3.8) is 0 Å². The molecule has 4 nitrogen and oxygen atoms in total. The van der Waals surface area contributed by atoms with Crippen LogP contribution in [0.4, 0.5) is 18.9 Å². The van der Waals surface area contributed by atoms with E-state index in [9.17, 15) is 13.2 Å². The van der Waals surface area contributed by atoms with Crippen LogP contribution < -0.4 is 5.32 Å². The van der Waals surface area contributed by atoms with Gasteiger partial charge in [0.25, 0.3) is 0 Å². The number of alkyl halides is 3. The first-order chi connectivity index (χ1) is 9.00. The number of hydrogen-bond donors (Lipinski definition) is 2. The predicted molar refractivity (Wildman–Crippen MR) is 62.1 cm³/mol. The van der Waals surface area contributed by atoms with Crippen molar-refractivity contribution in [1.29, 1.82) is 5.26 Å². The summed E-state index contributed by atoms with van der Waals surface area (Å²) in [6, 6.07) is 4.94. The lowest BCUT2D eigenvalue weighted by Crippen LogP contribution is -2.08. The average molecular weight is 266 g/mol. The van der Waals surface area contributed by atoms with Crippen LogP contribution in [0.5, 0.6) is 0 Å². The van der Waals surface area contributed by atoms with Crippen molar-refractivity contribution in [3.05, 3.63) is 47.3 Å². The Labute approximate surface area is 106 Å². The maximum Gasteiger partial charge on any atom is 0.417 e. The van der Waals surface area contributed by atoms with Crippen molar-refractivity contribution in [1.82, 2.24) is 10.2 Å². The normalized spacial score (nSPS) is 11.1. The van der Waals surface area contributed by atoms with Crippen LogP contribution in [0, 0.1) is 11.3 Å². The lowest BCUT2D eigenvalue weighted by molar-refractivity contribution is -0.137. The van der Waals surface area contributed by atoms with Crippen molar-refractivity contribution in [3.8, 4) is 6.07 Å². The minimum atomic E-state index is -4.52. The minimum absolute atomic E-state index is 0.398. The summed E-state index contributed by atoms with van der Waals surface area (Å²) >= 11 is 0. The Morgan fingerprint density at radius 3 is 2.74 bits per heavy atom. The van der Waals surface area contributed by atoms with Crippen LogP contribution in [0.3, 0.4) is 0 Å². The van der Waals surface area contributed by atoms with E-state index < -0.39 is 17.3 Å². The van der Waals surface area contributed by atoms with Crippen LogP contribution in [-0.4, -0.2) is 10.2 Å². The van der Waals surface area contributed by atoms with E-state index in [1.165, 1.54) is 12.1 Å². The fourth-order valence-corrected chi connectivity index (χ4v) is 1.57. The lowest BCUT2D eigenvalue weighted by Gasteiger charge is -2.11. The molecule has 0 saturated carbocycles. The zero-order chi connectivity index (χ0) is 13.9. The zero-order valence-corrected chi connectivity index (χ0v) is 9.62. The molecule has 0 fully saturated rings. The van der Waals surface area contributed by atoms with Gasteiger partial charge < -0.3 is 5.32 Å². The number of anilines is 1. The van der Waals surface area contributed by atoms with Crippen LogP contribution >= 0.6 is 0 Å². The summed E-state index contributed by atoms with van der Waals surface area (Å²) in [5.41, 5.74) is -0.0160. The highest BCUT2D eigenvalue weighted by atomic mass is 19.4. The Morgan fingerprint density at radius 2 is 2.16 bits per heavy atom. The van der Waals surface area contributed by atoms with Crippen LogP contribution in [0.15, 0.2) is 30.6 Å². The third-order valence-electron chi connectivity index (χ3n) is 2.50. The number of rotatable bonds is 3. The summed E-state index contributed by atoms with van der Waals surface area (Å²) in [6.45, 7) is 0.409. The third kappa shape index (κ3) is 3.04. The molecule has 19 heavy (non-hydrogen) atoms. The molecule has 0 aliphatic rings. The van der Waals surface area contributed by atoms with Gasteiger partial charge in [0.2, 0.25) is 0 Å². The molecular formula is C12H9F3N4. The molecular weight excluding hydrogens is 257 g/mol. The monoisotopic (exact) mass is 266 g/mol. The van der Waals surface area contributed by atoms with Gasteiger partial charge in [-0.15, -0.1) is 0 Å². The number of nitrogens with one attached hydrogen (secondary N) is 2. The molecule has 1 aromatic heterocycles. The van der Waals surface area contributed by atoms with E-state index in [4.69, 9.17) is 5.26 Å². The SMILES string of the molecule is N#Cc1cc(NCc2cn[nH]c2)ccc1C(F)(F)F. The summed E-state index contributed by atoms with van der Waals surface area (Å²) in [6.07, 6.45) is -1.25. The second-order valence-electron chi connectivity index (χ2n) is 3.83. The Morgan fingerprint density at radius 1 is 1.37 bits per heavy atom. The fourth-order valence-electron chi connectivity index (χ4n) is 1.57. The molecule has 0 atom stereocenters. The average Bonchev–Trinajstić information content (AvgIpc) is 2.88. The number of benzene rings is 1. The van der Waals surface area contributed by atoms with E-state index in [2.05, 4.69) is 15.5 Å². The van der Waals surface area contributed by atoms with E-state index in [0.29, 0.717) is 12.2 Å². The van der Waals surface area contributed by atoms with Crippen LogP contribution in [-0.2, 0) is 12.7 Å². The zero-order valence-electron chi connectivity index (χ0n) is 9.62. The molecule has 0 unspecified atom stereocenters. The van der Waals surface area contributed by atoms with Crippen LogP contribution in [0.25, 0.3) is 0 Å². The predicted octanol–water partition coefficient (Wildman–Crippen LogP) is 2.91. The van der Waals surface area contributed by atoms with Crippen LogP contribution in [0.2, 0.25) is 0 Å². The quantitative estimate of drug-likeness (QED) is 0.897. The molecule has 2 rings (SSSR count). The topological polar surface area (TPSA) is 64.5 Å². The van der Waals surface area contributed by atoms with E-state index >= 15 is 0 Å². The highest BCUT2D eigenvalue weighted by molar-refractivity contribution is 5.53. The van der Waals surface area contributed by atoms with E-state index in [-0.39, 0.29) is 0 Å². The number of nitrogens with zero attached hydrogens (tertiary/aromatic N) is 2. The third-order valence-corrected chi connectivity index (χ3v) is 2.50. The number of hydrogen-bond acceptors (Lipinski definition) is 3. The number of halogens is 3. The molecule has 0 aliphatic heterocycles. The Bertz CT molecular complexity index is 596. The summed E-state index contributed by atoms with van der Waals surface area (Å²) in [7, 11) is 0. The first-order valence-corrected chi connectivity index (χ1v) is 5.33. The van der Waals surface area contributed by atoms with Gasteiger partial charge in [0.1, 0.15) is 0 Å². The van der Waals surface area contributed by atoms with Crippen molar-refractivity contribution in [2.24, 2.45) is 0 Å². The molecule has 98 valence electrons. The minimum Gasteiger partial charge on any atom is -0.381 e. The molecule has 2 aromatic rings. The number of nitriles is 1. The van der Waals surface area contributed by atoms with Gasteiger partial charge in [-0.1, -0.05) is 0 Å². The van der Waals surface area contributed by atoms with Gasteiger partial charge >= 0.3 is 6.18 Å². The van der Waals surface area contributed by atoms with Crippen LogP contribution in [0.1, 0.15) is 16.7 Å². The number of aromatic nitrogens is 2. The highest BCUT2D eigenvalue weighted by Crippen LogP contribution is 2.33.